The first kappa shape index (κ1) is 14.0. The van der Waals surface area contributed by atoms with Crippen LogP contribution in [-0.4, -0.2) is 42.5 Å². The zero-order valence-corrected chi connectivity index (χ0v) is 11.0. The van der Waals surface area contributed by atoms with Gasteiger partial charge in [0.1, 0.15) is 0 Å². The van der Waals surface area contributed by atoms with E-state index in [2.05, 4.69) is 22.5 Å². The van der Waals surface area contributed by atoms with Gasteiger partial charge in [0.25, 0.3) is 0 Å². The normalized spacial score (nSPS) is 21.3. The minimum Gasteiger partial charge on any atom is -0.336 e. The second-order valence-corrected chi connectivity index (χ2v) is 5.16. The maximum absolute atomic E-state index is 11.6. The van der Waals surface area contributed by atoms with Crippen LogP contribution in [0.2, 0.25) is 0 Å². The lowest BCUT2D eigenvalue weighted by Gasteiger charge is -2.30. The summed E-state index contributed by atoms with van der Waals surface area (Å²) in [5.74, 6) is 0.415. The van der Waals surface area contributed by atoms with Crippen molar-refractivity contribution in [3.05, 3.63) is 0 Å². The molecule has 0 saturated carbocycles. The smallest absolute Gasteiger partial charge is 0.321 e. The Morgan fingerprint density at radius 2 is 2.12 bits per heavy atom. The van der Waals surface area contributed by atoms with Gasteiger partial charge in [-0.1, -0.05) is 6.92 Å². The number of urea groups is 1. The minimum atomic E-state index is -0.407. The Bertz CT molecular complexity index is 279. The summed E-state index contributed by atoms with van der Waals surface area (Å²) in [7, 11) is 0. The van der Waals surface area contributed by atoms with Gasteiger partial charge in [0.05, 0.1) is 6.54 Å². The van der Waals surface area contributed by atoms with E-state index in [9.17, 15) is 9.59 Å². The Morgan fingerprint density at radius 1 is 1.41 bits per heavy atom. The van der Waals surface area contributed by atoms with Gasteiger partial charge in [-0.3, -0.25) is 15.0 Å². The number of amides is 3. The Hall–Kier alpha value is -1.10. The number of rotatable bonds is 3. The van der Waals surface area contributed by atoms with Crippen molar-refractivity contribution in [3.8, 4) is 0 Å². The highest BCUT2D eigenvalue weighted by molar-refractivity contribution is 5.95. The van der Waals surface area contributed by atoms with Gasteiger partial charge in [-0.2, -0.15) is 0 Å². The lowest BCUT2D eigenvalue weighted by atomic mass is 10.0. The predicted octanol–water partition coefficient (Wildman–Crippen LogP) is 0.952. The van der Waals surface area contributed by atoms with Crippen LogP contribution in [-0.2, 0) is 4.79 Å². The molecule has 3 amide bonds. The number of carbonyl (C=O) groups excluding carboxylic acids is 2. The quantitative estimate of drug-likeness (QED) is 0.773. The topological polar surface area (TPSA) is 61.4 Å². The molecule has 0 spiro atoms. The summed E-state index contributed by atoms with van der Waals surface area (Å²) in [4.78, 5) is 25.0. The average molecular weight is 241 g/mol. The first-order chi connectivity index (χ1) is 7.97. The van der Waals surface area contributed by atoms with Crippen molar-refractivity contribution in [2.24, 2.45) is 5.92 Å². The molecule has 0 radical (unpaired) electrons. The number of hydrogen-bond acceptors (Lipinski definition) is 3. The van der Waals surface area contributed by atoms with Gasteiger partial charge >= 0.3 is 6.03 Å². The number of nitrogens with zero attached hydrogens (tertiary/aromatic N) is 1. The zero-order chi connectivity index (χ0) is 12.8. The van der Waals surface area contributed by atoms with Gasteiger partial charge in [0.15, 0.2) is 0 Å². The van der Waals surface area contributed by atoms with Crippen molar-refractivity contribution in [1.29, 1.82) is 0 Å². The highest BCUT2D eigenvalue weighted by atomic mass is 16.2. The lowest BCUT2D eigenvalue weighted by molar-refractivity contribution is -0.121. The molecule has 1 aliphatic rings. The van der Waals surface area contributed by atoms with E-state index in [1.807, 2.05) is 13.8 Å². The molecular formula is C12H23N3O2. The Labute approximate surface area is 103 Å². The molecule has 2 N–H and O–H groups in total. The van der Waals surface area contributed by atoms with Crippen LogP contribution in [0.4, 0.5) is 4.79 Å². The number of imide groups is 1. The lowest BCUT2D eigenvalue weighted by Crippen LogP contribution is -2.47. The molecule has 1 fully saturated rings. The Morgan fingerprint density at radius 3 is 2.71 bits per heavy atom. The van der Waals surface area contributed by atoms with E-state index in [0.29, 0.717) is 12.5 Å². The minimum absolute atomic E-state index is 0.0396. The molecule has 0 aromatic heterocycles. The summed E-state index contributed by atoms with van der Waals surface area (Å²) < 4.78 is 0. The molecule has 1 aliphatic heterocycles. The molecule has 5 nitrogen and oxygen atoms in total. The summed E-state index contributed by atoms with van der Waals surface area (Å²) in [5.41, 5.74) is 0. The summed E-state index contributed by atoms with van der Waals surface area (Å²) in [6.45, 7) is 8.11. The van der Waals surface area contributed by atoms with Crippen LogP contribution >= 0.6 is 0 Å². The monoisotopic (exact) mass is 241 g/mol. The summed E-state index contributed by atoms with van der Waals surface area (Å²) in [6.07, 6.45) is 2.36. The van der Waals surface area contributed by atoms with Crippen LogP contribution in [0.3, 0.4) is 0 Å². The third-order valence-corrected chi connectivity index (χ3v) is 2.78. The Balaban J connectivity index is 2.26. The van der Waals surface area contributed by atoms with Gasteiger partial charge in [-0.05, 0) is 39.2 Å². The van der Waals surface area contributed by atoms with E-state index in [4.69, 9.17) is 0 Å². The van der Waals surface area contributed by atoms with E-state index in [1.165, 1.54) is 6.42 Å². The molecule has 1 rings (SSSR count). The van der Waals surface area contributed by atoms with Crippen molar-refractivity contribution in [1.82, 2.24) is 15.5 Å². The predicted molar refractivity (Wildman–Crippen MR) is 66.6 cm³/mol. The number of nitrogens with one attached hydrogen (secondary N) is 2. The molecule has 1 heterocycles. The summed E-state index contributed by atoms with van der Waals surface area (Å²) in [6, 6.07) is -0.368. The fourth-order valence-electron chi connectivity index (χ4n) is 2.10. The molecule has 1 atom stereocenters. The molecule has 0 aromatic carbocycles. The second kappa shape index (κ2) is 6.59. The Kier molecular flexibility index (Phi) is 5.41. The summed E-state index contributed by atoms with van der Waals surface area (Å²) >= 11 is 0. The molecule has 0 aliphatic carbocycles. The zero-order valence-electron chi connectivity index (χ0n) is 11.0. The summed E-state index contributed by atoms with van der Waals surface area (Å²) in [5, 5.41) is 4.97. The van der Waals surface area contributed by atoms with Crippen molar-refractivity contribution in [2.45, 2.75) is 39.7 Å². The van der Waals surface area contributed by atoms with E-state index in [0.717, 1.165) is 19.5 Å². The van der Waals surface area contributed by atoms with Crippen LogP contribution in [0, 0.1) is 5.92 Å². The van der Waals surface area contributed by atoms with Gasteiger partial charge in [-0.25, -0.2) is 4.79 Å². The van der Waals surface area contributed by atoms with Crippen LogP contribution in [0.25, 0.3) is 0 Å². The fraction of sp³-hybridized carbons (Fsp3) is 0.833. The maximum atomic E-state index is 11.6. The molecule has 0 bridgehead atoms. The fourth-order valence-corrected chi connectivity index (χ4v) is 2.10. The highest BCUT2D eigenvalue weighted by Crippen LogP contribution is 2.14. The molecule has 5 heteroatoms. The number of carbonyl (C=O) groups is 2. The number of hydrogen-bond donors (Lipinski definition) is 2. The van der Waals surface area contributed by atoms with Crippen molar-refractivity contribution >= 4 is 11.9 Å². The maximum Gasteiger partial charge on any atom is 0.321 e. The number of likely N-dealkylation sites (tertiary alicyclic amines) is 1. The van der Waals surface area contributed by atoms with E-state index in [-0.39, 0.29) is 11.9 Å². The third-order valence-electron chi connectivity index (χ3n) is 2.78. The largest absolute Gasteiger partial charge is 0.336 e. The van der Waals surface area contributed by atoms with Crippen molar-refractivity contribution < 1.29 is 9.59 Å². The molecule has 17 heavy (non-hydrogen) atoms. The van der Waals surface area contributed by atoms with Crippen LogP contribution in [0.1, 0.15) is 33.6 Å². The average Bonchev–Trinajstić information content (AvgIpc) is 2.14. The standard InChI is InChI=1S/C12H23N3O2/c1-9(2)13-12(17)14-11(16)8-15-6-4-5-10(3)7-15/h9-10H,4-8H2,1-3H3,(H2,13,14,16,17)/t10-/m1/s1. The van der Waals surface area contributed by atoms with Crippen LogP contribution in [0.5, 0.6) is 0 Å². The van der Waals surface area contributed by atoms with Crippen molar-refractivity contribution in [3.63, 3.8) is 0 Å². The van der Waals surface area contributed by atoms with Crippen molar-refractivity contribution in [2.75, 3.05) is 19.6 Å². The molecule has 0 unspecified atom stereocenters. The van der Waals surface area contributed by atoms with Crippen LogP contribution in [0.15, 0.2) is 0 Å². The van der Waals surface area contributed by atoms with E-state index < -0.39 is 6.03 Å². The highest BCUT2D eigenvalue weighted by Gasteiger charge is 2.19. The first-order valence-electron chi connectivity index (χ1n) is 6.30. The van der Waals surface area contributed by atoms with Gasteiger partial charge in [-0.15, -0.1) is 0 Å². The van der Waals surface area contributed by atoms with Gasteiger partial charge in [0.2, 0.25) is 5.91 Å². The molecule has 98 valence electrons. The molecular weight excluding hydrogens is 218 g/mol. The van der Waals surface area contributed by atoms with E-state index >= 15 is 0 Å². The second-order valence-electron chi connectivity index (χ2n) is 5.16. The third kappa shape index (κ3) is 5.68. The molecule has 0 aromatic rings. The first-order valence-corrected chi connectivity index (χ1v) is 6.30. The SMILES string of the molecule is CC(C)NC(=O)NC(=O)CN1CCC[C@@H](C)C1. The van der Waals surface area contributed by atoms with Gasteiger partial charge in [0, 0.05) is 12.6 Å². The van der Waals surface area contributed by atoms with Crippen LogP contribution < -0.4 is 10.6 Å². The molecule has 1 saturated heterocycles. The number of piperidine rings is 1. The van der Waals surface area contributed by atoms with Gasteiger partial charge < -0.3 is 5.32 Å². The van der Waals surface area contributed by atoms with E-state index in [1.54, 1.807) is 0 Å².